The third-order valence-corrected chi connectivity index (χ3v) is 6.51. The van der Waals surface area contributed by atoms with E-state index in [4.69, 9.17) is 9.72 Å². The van der Waals surface area contributed by atoms with Crippen LogP contribution < -0.4 is 10.1 Å². The second-order valence-electron chi connectivity index (χ2n) is 9.13. The lowest BCUT2D eigenvalue weighted by molar-refractivity contribution is 0.0957. The molecule has 4 rings (SSSR count). The van der Waals surface area contributed by atoms with Gasteiger partial charge in [-0.15, -0.1) is 11.3 Å². The van der Waals surface area contributed by atoms with E-state index in [2.05, 4.69) is 48.9 Å². The number of thiophene rings is 1. The molecule has 0 bridgehead atoms. The second kappa shape index (κ2) is 10.2. The van der Waals surface area contributed by atoms with Gasteiger partial charge in [0.2, 0.25) is 0 Å². The number of para-hydroxylation sites is 2. The molecular formula is C27H31N3O2S. The maximum absolute atomic E-state index is 12.1. The predicted molar refractivity (Wildman–Crippen MR) is 135 cm³/mol. The Balaban J connectivity index is 1.36. The van der Waals surface area contributed by atoms with Crippen molar-refractivity contribution in [1.29, 1.82) is 0 Å². The van der Waals surface area contributed by atoms with Gasteiger partial charge >= 0.3 is 0 Å². The molecule has 0 fully saturated rings. The third-order valence-electron chi connectivity index (χ3n) is 5.65. The fourth-order valence-corrected chi connectivity index (χ4v) is 4.46. The van der Waals surface area contributed by atoms with Gasteiger partial charge in [-0.1, -0.05) is 51.1 Å². The predicted octanol–water partition coefficient (Wildman–Crippen LogP) is 5.84. The zero-order valence-electron chi connectivity index (χ0n) is 19.5. The number of fused-ring (bicyclic) bond motifs is 1. The maximum Gasteiger partial charge on any atom is 0.261 e. The summed E-state index contributed by atoms with van der Waals surface area (Å²) in [6.07, 6.45) is 1.62. The van der Waals surface area contributed by atoms with Crippen molar-refractivity contribution in [2.45, 2.75) is 45.6 Å². The molecule has 0 saturated heterocycles. The van der Waals surface area contributed by atoms with Crippen LogP contribution in [-0.4, -0.2) is 28.6 Å². The molecule has 0 saturated carbocycles. The van der Waals surface area contributed by atoms with E-state index in [1.807, 2.05) is 47.8 Å². The smallest absolute Gasteiger partial charge is 0.261 e. The minimum Gasteiger partial charge on any atom is -0.492 e. The number of hydrogen-bond acceptors (Lipinski definition) is 4. The minimum absolute atomic E-state index is 0.00983. The first-order chi connectivity index (χ1) is 15.9. The van der Waals surface area contributed by atoms with E-state index in [9.17, 15) is 4.79 Å². The van der Waals surface area contributed by atoms with Gasteiger partial charge in [0.25, 0.3) is 5.91 Å². The van der Waals surface area contributed by atoms with Gasteiger partial charge in [0.15, 0.2) is 0 Å². The number of aryl methyl sites for hydroxylation is 1. The highest BCUT2D eigenvalue weighted by molar-refractivity contribution is 7.12. The molecule has 0 aliphatic rings. The lowest BCUT2D eigenvalue weighted by atomic mass is 9.87. The summed E-state index contributed by atoms with van der Waals surface area (Å²) >= 11 is 1.46. The number of carbonyl (C=O) groups excluding carboxylic acids is 1. The number of amides is 1. The molecular weight excluding hydrogens is 430 g/mol. The van der Waals surface area contributed by atoms with Crippen LogP contribution in [0.15, 0.2) is 66.0 Å². The average molecular weight is 462 g/mol. The highest BCUT2D eigenvalue weighted by atomic mass is 32.1. The zero-order chi connectivity index (χ0) is 23.3. The number of carbonyl (C=O) groups is 1. The maximum atomic E-state index is 12.1. The minimum atomic E-state index is -0.00983. The van der Waals surface area contributed by atoms with Gasteiger partial charge in [-0.25, -0.2) is 4.98 Å². The molecule has 0 atom stereocenters. The van der Waals surface area contributed by atoms with Gasteiger partial charge in [-0.05, 0) is 53.1 Å². The van der Waals surface area contributed by atoms with E-state index in [0.29, 0.717) is 13.2 Å². The van der Waals surface area contributed by atoms with Crippen LogP contribution in [0.3, 0.4) is 0 Å². The van der Waals surface area contributed by atoms with Gasteiger partial charge in [-0.3, -0.25) is 4.79 Å². The summed E-state index contributed by atoms with van der Waals surface area (Å²) in [6, 6.07) is 20.3. The standard InChI is InChI=1S/C27H31N3O2S/c1-27(2,3)20-12-14-21(15-13-20)32-18-17-30-23-9-5-4-8-22(23)29-25(30)11-6-16-28-26(31)24-10-7-19-33-24/h4-5,7-10,12-15,19H,6,11,16-18H2,1-3H3,(H,28,31). The van der Waals surface area contributed by atoms with Crippen molar-refractivity contribution >= 4 is 28.3 Å². The first-order valence-electron chi connectivity index (χ1n) is 11.4. The molecule has 2 aromatic carbocycles. The first-order valence-corrected chi connectivity index (χ1v) is 12.3. The number of benzene rings is 2. The Labute approximate surface area is 199 Å². The molecule has 1 N–H and O–H groups in total. The van der Waals surface area contributed by atoms with E-state index in [-0.39, 0.29) is 11.3 Å². The highest BCUT2D eigenvalue weighted by Crippen LogP contribution is 2.24. The Morgan fingerprint density at radius 1 is 1.06 bits per heavy atom. The van der Waals surface area contributed by atoms with Crippen LogP contribution in [0, 0.1) is 0 Å². The Bertz CT molecular complexity index is 1190. The van der Waals surface area contributed by atoms with Crippen LogP contribution in [0.4, 0.5) is 0 Å². The van der Waals surface area contributed by atoms with E-state index >= 15 is 0 Å². The van der Waals surface area contributed by atoms with Crippen molar-refractivity contribution in [2.75, 3.05) is 13.2 Å². The SMILES string of the molecule is CC(C)(C)c1ccc(OCCn2c(CCCNC(=O)c3cccs3)nc3ccccc32)cc1. The van der Waals surface area contributed by atoms with Crippen LogP contribution in [0.5, 0.6) is 5.75 Å². The fraction of sp³-hybridized carbons (Fsp3) is 0.333. The molecule has 4 aromatic rings. The fourth-order valence-electron chi connectivity index (χ4n) is 3.81. The average Bonchev–Trinajstić information content (AvgIpc) is 3.45. The molecule has 6 heteroatoms. The lowest BCUT2D eigenvalue weighted by Gasteiger charge is -2.19. The van der Waals surface area contributed by atoms with E-state index in [1.54, 1.807) is 0 Å². The van der Waals surface area contributed by atoms with Crippen LogP contribution in [-0.2, 0) is 18.4 Å². The molecule has 0 aliphatic carbocycles. The Kier molecular flexibility index (Phi) is 7.14. The first kappa shape index (κ1) is 23.1. The normalized spacial score (nSPS) is 11.6. The van der Waals surface area contributed by atoms with Crippen molar-refractivity contribution in [1.82, 2.24) is 14.9 Å². The second-order valence-corrected chi connectivity index (χ2v) is 10.1. The number of ether oxygens (including phenoxy) is 1. The molecule has 2 aromatic heterocycles. The van der Waals surface area contributed by atoms with Crippen molar-refractivity contribution in [3.8, 4) is 5.75 Å². The topological polar surface area (TPSA) is 56.1 Å². The van der Waals surface area contributed by atoms with Gasteiger partial charge in [0, 0.05) is 13.0 Å². The number of nitrogens with zero attached hydrogens (tertiary/aromatic N) is 2. The summed E-state index contributed by atoms with van der Waals surface area (Å²) in [6.45, 7) is 8.54. The molecule has 0 radical (unpaired) electrons. The summed E-state index contributed by atoms with van der Waals surface area (Å²) in [5, 5.41) is 4.91. The van der Waals surface area contributed by atoms with Gasteiger partial charge in [0.1, 0.15) is 18.2 Å². The van der Waals surface area contributed by atoms with Crippen LogP contribution in [0.1, 0.15) is 48.3 Å². The summed E-state index contributed by atoms with van der Waals surface area (Å²) in [7, 11) is 0. The Hall–Kier alpha value is -3.12. The van der Waals surface area contributed by atoms with E-state index < -0.39 is 0 Å². The van der Waals surface area contributed by atoms with E-state index in [1.165, 1.54) is 16.9 Å². The molecule has 0 aliphatic heterocycles. The molecule has 172 valence electrons. The number of imidazole rings is 1. The summed E-state index contributed by atoms with van der Waals surface area (Å²) in [4.78, 5) is 17.7. The Morgan fingerprint density at radius 2 is 1.85 bits per heavy atom. The molecule has 0 spiro atoms. The number of nitrogens with one attached hydrogen (secondary N) is 1. The summed E-state index contributed by atoms with van der Waals surface area (Å²) in [5.41, 5.74) is 3.53. The van der Waals surface area contributed by atoms with Crippen molar-refractivity contribution < 1.29 is 9.53 Å². The Morgan fingerprint density at radius 3 is 2.58 bits per heavy atom. The highest BCUT2D eigenvalue weighted by Gasteiger charge is 2.14. The third kappa shape index (κ3) is 5.82. The van der Waals surface area contributed by atoms with Crippen molar-refractivity contribution in [2.24, 2.45) is 0 Å². The molecule has 0 unspecified atom stereocenters. The number of aromatic nitrogens is 2. The monoisotopic (exact) mass is 461 g/mol. The number of rotatable bonds is 9. The molecule has 2 heterocycles. The van der Waals surface area contributed by atoms with Gasteiger partial charge < -0.3 is 14.6 Å². The van der Waals surface area contributed by atoms with Crippen LogP contribution in [0.25, 0.3) is 11.0 Å². The van der Waals surface area contributed by atoms with Gasteiger partial charge in [0.05, 0.1) is 22.5 Å². The van der Waals surface area contributed by atoms with Crippen molar-refractivity contribution in [3.05, 3.63) is 82.3 Å². The summed E-state index contributed by atoms with van der Waals surface area (Å²) < 4.78 is 8.28. The molecule has 1 amide bonds. The zero-order valence-corrected chi connectivity index (χ0v) is 20.3. The summed E-state index contributed by atoms with van der Waals surface area (Å²) in [5.74, 6) is 1.89. The van der Waals surface area contributed by atoms with Gasteiger partial charge in [-0.2, -0.15) is 0 Å². The van der Waals surface area contributed by atoms with E-state index in [0.717, 1.165) is 46.9 Å². The lowest BCUT2D eigenvalue weighted by Crippen LogP contribution is -2.24. The quantitative estimate of drug-likeness (QED) is 0.319. The largest absolute Gasteiger partial charge is 0.492 e. The number of hydrogen-bond donors (Lipinski definition) is 1. The molecule has 5 nitrogen and oxygen atoms in total. The van der Waals surface area contributed by atoms with Crippen molar-refractivity contribution in [3.63, 3.8) is 0 Å². The molecule has 33 heavy (non-hydrogen) atoms. The van der Waals surface area contributed by atoms with Crippen LogP contribution >= 0.6 is 11.3 Å². The van der Waals surface area contributed by atoms with Crippen LogP contribution in [0.2, 0.25) is 0 Å².